The molecule has 180 valence electrons. The van der Waals surface area contributed by atoms with Crippen LogP contribution < -0.4 is 5.32 Å². The Kier molecular flexibility index (Phi) is 9.75. The fourth-order valence-electron chi connectivity index (χ4n) is 4.48. The molecule has 1 aromatic carbocycles. The van der Waals surface area contributed by atoms with Crippen molar-refractivity contribution in [3.8, 4) is 0 Å². The summed E-state index contributed by atoms with van der Waals surface area (Å²) >= 11 is 0. The molecule has 1 aliphatic carbocycles. The molecule has 0 aliphatic heterocycles. The van der Waals surface area contributed by atoms with E-state index in [2.05, 4.69) is 31.1 Å². The Morgan fingerprint density at radius 3 is 2.36 bits per heavy atom. The number of hydrogen-bond acceptors (Lipinski definition) is 8. The standard InChI is InChI=1S/C24H32N2O7/c1-23(2)13-19(26-17-27)14-24(3,15-23)16-25-22(30)33-12-10-31-9-11-32-21(29)20(28)18-7-5-4-6-8-18/h4-8,19H,9-16H2,1-3H3,(H,25,30). The maximum atomic E-state index is 12.0. The van der Waals surface area contributed by atoms with Crippen molar-refractivity contribution < 1.29 is 33.4 Å². The van der Waals surface area contributed by atoms with Crippen molar-refractivity contribution in [2.24, 2.45) is 15.8 Å². The van der Waals surface area contributed by atoms with Crippen molar-refractivity contribution in [2.45, 2.75) is 46.1 Å². The molecule has 0 bridgehead atoms. The minimum Gasteiger partial charge on any atom is -0.457 e. The van der Waals surface area contributed by atoms with E-state index in [0.717, 1.165) is 12.8 Å². The van der Waals surface area contributed by atoms with Gasteiger partial charge in [0.15, 0.2) is 0 Å². The van der Waals surface area contributed by atoms with Crippen LogP contribution in [0.25, 0.3) is 0 Å². The Bertz CT molecular complexity index is 865. The lowest BCUT2D eigenvalue weighted by Gasteiger charge is -2.45. The Hall–Kier alpha value is -3.03. The van der Waals surface area contributed by atoms with Gasteiger partial charge in [-0.15, -0.1) is 0 Å². The number of isocyanates is 1. The number of esters is 1. The van der Waals surface area contributed by atoms with Crippen LogP contribution in [0.5, 0.6) is 0 Å². The molecule has 0 spiro atoms. The van der Waals surface area contributed by atoms with E-state index in [9.17, 15) is 19.2 Å². The van der Waals surface area contributed by atoms with Gasteiger partial charge in [0.05, 0.1) is 19.3 Å². The second-order valence-corrected chi connectivity index (χ2v) is 9.37. The van der Waals surface area contributed by atoms with Crippen LogP contribution in [0.1, 0.15) is 50.4 Å². The van der Waals surface area contributed by atoms with E-state index >= 15 is 0 Å². The molecule has 2 rings (SSSR count). The number of aliphatic imine (C=N–C) groups is 1. The Morgan fingerprint density at radius 2 is 1.70 bits per heavy atom. The van der Waals surface area contributed by atoms with Crippen LogP contribution in [0.4, 0.5) is 4.79 Å². The molecule has 0 radical (unpaired) electrons. The number of amides is 1. The first-order chi connectivity index (χ1) is 15.6. The number of hydrogen-bond donors (Lipinski definition) is 1. The van der Waals surface area contributed by atoms with Crippen molar-refractivity contribution in [3.63, 3.8) is 0 Å². The van der Waals surface area contributed by atoms with Crippen molar-refractivity contribution in [1.82, 2.24) is 5.32 Å². The lowest BCUT2D eigenvalue weighted by atomic mass is 9.63. The van der Waals surface area contributed by atoms with Gasteiger partial charge in [-0.2, -0.15) is 0 Å². The summed E-state index contributed by atoms with van der Waals surface area (Å²) in [5.41, 5.74) is 0.0659. The molecule has 1 amide bonds. The second-order valence-electron chi connectivity index (χ2n) is 9.37. The zero-order valence-corrected chi connectivity index (χ0v) is 19.4. The van der Waals surface area contributed by atoms with Gasteiger partial charge in [0.25, 0.3) is 5.78 Å². The number of benzene rings is 1. The summed E-state index contributed by atoms with van der Waals surface area (Å²) in [6.07, 6.45) is 3.49. The molecule has 0 saturated heterocycles. The Balaban J connectivity index is 1.58. The van der Waals surface area contributed by atoms with Gasteiger partial charge in [0, 0.05) is 12.1 Å². The maximum Gasteiger partial charge on any atom is 0.407 e. The van der Waals surface area contributed by atoms with Gasteiger partial charge in [0.2, 0.25) is 6.08 Å². The maximum absolute atomic E-state index is 12.0. The SMILES string of the molecule is CC1(C)CC(N=C=O)CC(C)(CNC(=O)OCCOCCOC(=O)C(=O)c2ccccc2)C1. The number of nitrogens with zero attached hydrogens (tertiary/aromatic N) is 1. The third-order valence-corrected chi connectivity index (χ3v) is 5.46. The van der Waals surface area contributed by atoms with E-state index in [4.69, 9.17) is 14.2 Å². The molecule has 33 heavy (non-hydrogen) atoms. The van der Waals surface area contributed by atoms with Crippen molar-refractivity contribution in [3.05, 3.63) is 35.9 Å². The van der Waals surface area contributed by atoms with Gasteiger partial charge in [-0.05, 0) is 30.1 Å². The lowest BCUT2D eigenvalue weighted by molar-refractivity contribution is -0.139. The molecule has 1 aliphatic rings. The van der Waals surface area contributed by atoms with Gasteiger partial charge >= 0.3 is 12.1 Å². The third kappa shape index (κ3) is 9.16. The normalized spacial score (nSPS) is 21.4. The highest BCUT2D eigenvalue weighted by Crippen LogP contribution is 2.46. The molecule has 1 aromatic rings. The van der Waals surface area contributed by atoms with Crippen LogP contribution >= 0.6 is 0 Å². The van der Waals surface area contributed by atoms with Crippen molar-refractivity contribution in [2.75, 3.05) is 33.0 Å². The summed E-state index contributed by atoms with van der Waals surface area (Å²) in [6, 6.07) is 8.05. The van der Waals surface area contributed by atoms with E-state index in [0.29, 0.717) is 13.0 Å². The topological polar surface area (TPSA) is 120 Å². The molecule has 0 aromatic heterocycles. The number of carbonyl (C=O) groups is 3. The van der Waals surface area contributed by atoms with Crippen LogP contribution in [0.15, 0.2) is 35.3 Å². The molecule has 1 N–H and O–H groups in total. The predicted octanol–water partition coefficient (Wildman–Crippen LogP) is 3.08. The molecule has 2 unspecified atom stereocenters. The largest absolute Gasteiger partial charge is 0.457 e. The monoisotopic (exact) mass is 460 g/mol. The van der Waals surface area contributed by atoms with Gasteiger partial charge in [-0.25, -0.2) is 19.4 Å². The summed E-state index contributed by atoms with van der Waals surface area (Å²) in [6.45, 7) is 6.87. The first kappa shape index (κ1) is 26.2. The molecular weight excluding hydrogens is 428 g/mol. The fraction of sp³-hybridized carbons (Fsp3) is 0.583. The van der Waals surface area contributed by atoms with E-state index in [1.807, 2.05) is 0 Å². The zero-order chi connectivity index (χ0) is 24.3. The van der Waals surface area contributed by atoms with E-state index < -0.39 is 17.8 Å². The Labute approximate surface area is 193 Å². The Morgan fingerprint density at radius 1 is 1.03 bits per heavy atom. The third-order valence-electron chi connectivity index (χ3n) is 5.46. The number of alkyl carbamates (subject to hydrolysis) is 1. The van der Waals surface area contributed by atoms with Crippen LogP contribution in [0.3, 0.4) is 0 Å². The van der Waals surface area contributed by atoms with Crippen LogP contribution in [-0.4, -0.2) is 62.9 Å². The first-order valence-corrected chi connectivity index (χ1v) is 11.0. The summed E-state index contributed by atoms with van der Waals surface area (Å²) in [5, 5.41) is 2.77. The molecule has 2 atom stereocenters. The molecule has 1 saturated carbocycles. The highest BCUT2D eigenvalue weighted by Gasteiger charge is 2.41. The van der Waals surface area contributed by atoms with E-state index in [1.54, 1.807) is 24.3 Å². The lowest BCUT2D eigenvalue weighted by Crippen LogP contribution is -2.45. The first-order valence-electron chi connectivity index (χ1n) is 11.0. The molecule has 9 heteroatoms. The van der Waals surface area contributed by atoms with E-state index in [-0.39, 0.29) is 48.9 Å². The summed E-state index contributed by atoms with van der Waals surface area (Å²) in [4.78, 5) is 50.2. The smallest absolute Gasteiger partial charge is 0.407 e. The highest BCUT2D eigenvalue weighted by atomic mass is 16.6. The number of rotatable bonds is 11. The van der Waals surface area contributed by atoms with Crippen molar-refractivity contribution >= 4 is 23.9 Å². The van der Waals surface area contributed by atoms with Gasteiger partial charge < -0.3 is 19.5 Å². The minimum absolute atomic E-state index is 0.00655. The highest BCUT2D eigenvalue weighted by molar-refractivity contribution is 6.40. The predicted molar refractivity (Wildman–Crippen MR) is 120 cm³/mol. The minimum atomic E-state index is -0.944. The van der Waals surface area contributed by atoms with Crippen LogP contribution in [0, 0.1) is 10.8 Å². The molecular formula is C24H32N2O7. The molecule has 0 heterocycles. The number of Topliss-reactive ketones (excluding diaryl/α,β-unsaturated/α-hetero) is 1. The fourth-order valence-corrected chi connectivity index (χ4v) is 4.48. The van der Waals surface area contributed by atoms with Crippen LogP contribution in [-0.2, 0) is 23.8 Å². The average Bonchev–Trinajstić information content (AvgIpc) is 2.76. The van der Waals surface area contributed by atoms with E-state index in [1.165, 1.54) is 12.1 Å². The summed E-state index contributed by atoms with van der Waals surface area (Å²) < 4.78 is 15.2. The van der Waals surface area contributed by atoms with Gasteiger partial charge in [-0.3, -0.25) is 4.79 Å². The zero-order valence-electron chi connectivity index (χ0n) is 19.4. The molecule has 1 fully saturated rings. The summed E-state index contributed by atoms with van der Waals surface area (Å²) in [5.74, 6) is -1.66. The number of ketones is 1. The van der Waals surface area contributed by atoms with Gasteiger partial charge in [0.1, 0.15) is 13.2 Å². The quantitative estimate of drug-likeness (QED) is 0.135. The van der Waals surface area contributed by atoms with Crippen molar-refractivity contribution in [1.29, 1.82) is 0 Å². The average molecular weight is 461 g/mol. The number of ether oxygens (including phenoxy) is 3. The van der Waals surface area contributed by atoms with Gasteiger partial charge in [-0.1, -0.05) is 51.1 Å². The number of nitrogens with one attached hydrogen (secondary N) is 1. The number of carbonyl (C=O) groups excluding carboxylic acids is 4. The summed E-state index contributed by atoms with van der Waals surface area (Å²) in [7, 11) is 0. The van der Waals surface area contributed by atoms with Crippen LogP contribution in [0.2, 0.25) is 0 Å². The second kappa shape index (κ2) is 12.3. The molecule has 9 nitrogen and oxygen atoms in total.